The first kappa shape index (κ1) is 16.4. The summed E-state index contributed by atoms with van der Waals surface area (Å²) >= 11 is 0. The Labute approximate surface area is 145 Å². The average Bonchev–Trinajstić information content (AvgIpc) is 2.64. The van der Waals surface area contributed by atoms with E-state index in [-0.39, 0.29) is 11.6 Å². The second-order valence-electron chi connectivity index (χ2n) is 5.38. The van der Waals surface area contributed by atoms with E-state index < -0.39 is 0 Å². The Morgan fingerprint density at radius 1 is 1.00 bits per heavy atom. The predicted octanol–water partition coefficient (Wildman–Crippen LogP) is 3.79. The number of para-hydroxylation sites is 3. The number of nitrogens with one attached hydrogen (secondary N) is 2. The molecule has 3 rings (SSSR count). The number of nitrogens with zero attached hydrogens (tertiary/aromatic N) is 2. The van der Waals surface area contributed by atoms with Crippen LogP contribution in [0.2, 0.25) is 0 Å². The molecule has 1 aromatic heterocycles. The number of methoxy groups -OCH3 is 1. The molecule has 6 nitrogen and oxygen atoms in total. The largest absolute Gasteiger partial charge is 0.495 e. The van der Waals surface area contributed by atoms with Crippen molar-refractivity contribution >= 4 is 23.1 Å². The lowest BCUT2D eigenvalue weighted by Crippen LogP contribution is -2.15. The van der Waals surface area contributed by atoms with Gasteiger partial charge in [0.05, 0.1) is 12.8 Å². The number of aryl methyl sites for hydroxylation is 1. The monoisotopic (exact) mass is 334 g/mol. The van der Waals surface area contributed by atoms with Gasteiger partial charge in [-0.25, -0.2) is 9.97 Å². The number of anilines is 3. The third-order valence-electron chi connectivity index (χ3n) is 3.66. The van der Waals surface area contributed by atoms with Crippen molar-refractivity contribution in [2.24, 2.45) is 0 Å². The van der Waals surface area contributed by atoms with Crippen LogP contribution in [0.1, 0.15) is 16.1 Å². The van der Waals surface area contributed by atoms with Crippen LogP contribution in [-0.2, 0) is 0 Å². The van der Waals surface area contributed by atoms with Crippen molar-refractivity contribution in [3.8, 4) is 5.75 Å². The second kappa shape index (κ2) is 7.44. The van der Waals surface area contributed by atoms with Crippen LogP contribution in [0, 0.1) is 6.92 Å². The van der Waals surface area contributed by atoms with Crippen LogP contribution < -0.4 is 15.4 Å². The van der Waals surface area contributed by atoms with Crippen LogP contribution in [0.3, 0.4) is 0 Å². The van der Waals surface area contributed by atoms with E-state index in [1.54, 1.807) is 25.3 Å². The quantitative estimate of drug-likeness (QED) is 0.742. The van der Waals surface area contributed by atoms with E-state index in [0.29, 0.717) is 17.3 Å². The van der Waals surface area contributed by atoms with E-state index in [9.17, 15) is 4.79 Å². The molecule has 0 radical (unpaired) electrons. The van der Waals surface area contributed by atoms with E-state index in [1.165, 1.54) is 6.33 Å². The van der Waals surface area contributed by atoms with Gasteiger partial charge in [-0.05, 0) is 30.7 Å². The molecule has 2 aromatic carbocycles. The van der Waals surface area contributed by atoms with Gasteiger partial charge in [0, 0.05) is 11.8 Å². The van der Waals surface area contributed by atoms with Crippen molar-refractivity contribution in [3.63, 3.8) is 0 Å². The van der Waals surface area contributed by atoms with Gasteiger partial charge in [0.2, 0.25) is 0 Å². The molecular formula is C19H18N4O2. The van der Waals surface area contributed by atoms with E-state index in [0.717, 1.165) is 11.3 Å². The molecule has 0 saturated carbocycles. The lowest BCUT2D eigenvalue weighted by Gasteiger charge is -2.11. The van der Waals surface area contributed by atoms with Crippen LogP contribution in [0.5, 0.6) is 5.75 Å². The smallest absolute Gasteiger partial charge is 0.274 e. The molecule has 0 aliphatic carbocycles. The number of carbonyl (C=O) groups is 1. The van der Waals surface area contributed by atoms with Crippen LogP contribution in [0.15, 0.2) is 60.9 Å². The van der Waals surface area contributed by atoms with Gasteiger partial charge in [-0.2, -0.15) is 0 Å². The highest BCUT2D eigenvalue weighted by atomic mass is 16.5. The zero-order valence-corrected chi connectivity index (χ0v) is 14.0. The van der Waals surface area contributed by atoms with Gasteiger partial charge in [0.15, 0.2) is 0 Å². The van der Waals surface area contributed by atoms with Crippen molar-refractivity contribution in [3.05, 3.63) is 72.2 Å². The molecule has 6 heteroatoms. The van der Waals surface area contributed by atoms with E-state index >= 15 is 0 Å². The number of hydrogen-bond donors (Lipinski definition) is 2. The summed E-state index contributed by atoms with van der Waals surface area (Å²) in [4.78, 5) is 20.7. The maximum atomic E-state index is 12.5. The molecule has 1 amide bonds. The number of ether oxygens (including phenoxy) is 1. The summed E-state index contributed by atoms with van der Waals surface area (Å²) in [6, 6.07) is 16.7. The third-order valence-corrected chi connectivity index (χ3v) is 3.66. The molecule has 0 fully saturated rings. The summed E-state index contributed by atoms with van der Waals surface area (Å²) in [5.41, 5.74) is 2.86. The van der Waals surface area contributed by atoms with Crippen LogP contribution in [-0.4, -0.2) is 23.0 Å². The van der Waals surface area contributed by atoms with Crippen LogP contribution in [0.4, 0.5) is 17.2 Å². The van der Waals surface area contributed by atoms with E-state index in [4.69, 9.17) is 4.74 Å². The summed E-state index contributed by atoms with van der Waals surface area (Å²) in [5, 5.41) is 6.00. The Morgan fingerprint density at radius 2 is 1.72 bits per heavy atom. The zero-order valence-electron chi connectivity index (χ0n) is 14.0. The first-order valence-corrected chi connectivity index (χ1v) is 7.76. The Bertz CT molecular complexity index is 896. The molecular weight excluding hydrogens is 316 g/mol. The molecule has 2 N–H and O–H groups in total. The van der Waals surface area contributed by atoms with Gasteiger partial charge in [-0.15, -0.1) is 0 Å². The lowest BCUT2D eigenvalue weighted by atomic mass is 10.2. The second-order valence-corrected chi connectivity index (χ2v) is 5.38. The summed E-state index contributed by atoms with van der Waals surface area (Å²) in [6.45, 7) is 2.00. The van der Waals surface area contributed by atoms with Gasteiger partial charge in [-0.1, -0.05) is 30.3 Å². The Balaban J connectivity index is 1.79. The highest BCUT2D eigenvalue weighted by molar-refractivity contribution is 6.04. The summed E-state index contributed by atoms with van der Waals surface area (Å²) in [6.07, 6.45) is 1.36. The SMILES string of the molecule is COc1ccccc1NC(=O)c1cc(Nc2ccccc2C)ncn1. The average molecular weight is 334 g/mol. The van der Waals surface area contributed by atoms with Crippen LogP contribution >= 0.6 is 0 Å². The number of amides is 1. The maximum Gasteiger partial charge on any atom is 0.274 e. The van der Waals surface area contributed by atoms with Gasteiger partial charge >= 0.3 is 0 Å². The summed E-state index contributed by atoms with van der Waals surface area (Å²) in [7, 11) is 1.56. The molecule has 0 aliphatic heterocycles. The highest BCUT2D eigenvalue weighted by Crippen LogP contribution is 2.24. The molecule has 0 spiro atoms. The lowest BCUT2D eigenvalue weighted by molar-refractivity contribution is 0.102. The van der Waals surface area contributed by atoms with E-state index in [1.807, 2.05) is 43.3 Å². The van der Waals surface area contributed by atoms with Crippen molar-refractivity contribution in [1.82, 2.24) is 9.97 Å². The van der Waals surface area contributed by atoms with Crippen molar-refractivity contribution < 1.29 is 9.53 Å². The third kappa shape index (κ3) is 3.92. The summed E-state index contributed by atoms with van der Waals surface area (Å²) < 4.78 is 5.24. The maximum absolute atomic E-state index is 12.5. The van der Waals surface area contributed by atoms with Crippen molar-refractivity contribution in [1.29, 1.82) is 0 Å². The van der Waals surface area contributed by atoms with E-state index in [2.05, 4.69) is 20.6 Å². The fraction of sp³-hybridized carbons (Fsp3) is 0.105. The van der Waals surface area contributed by atoms with Crippen molar-refractivity contribution in [2.75, 3.05) is 17.7 Å². The topological polar surface area (TPSA) is 76.1 Å². The standard InChI is InChI=1S/C19H18N4O2/c1-13-7-3-4-8-14(13)22-18-11-16(20-12-21-18)19(24)23-15-9-5-6-10-17(15)25-2/h3-12H,1-2H3,(H,23,24)(H,20,21,22). The highest BCUT2D eigenvalue weighted by Gasteiger charge is 2.12. The number of aromatic nitrogens is 2. The molecule has 0 saturated heterocycles. The molecule has 3 aromatic rings. The normalized spacial score (nSPS) is 10.2. The molecule has 25 heavy (non-hydrogen) atoms. The Kier molecular flexibility index (Phi) is 4.89. The molecule has 0 unspecified atom stereocenters. The van der Waals surface area contributed by atoms with Gasteiger partial charge in [0.1, 0.15) is 23.6 Å². The first-order chi connectivity index (χ1) is 12.2. The fourth-order valence-electron chi connectivity index (χ4n) is 2.34. The minimum absolute atomic E-state index is 0.261. The molecule has 126 valence electrons. The number of hydrogen-bond acceptors (Lipinski definition) is 5. The van der Waals surface area contributed by atoms with Gasteiger partial charge in [0.25, 0.3) is 5.91 Å². The molecule has 0 aliphatic rings. The molecule has 1 heterocycles. The molecule has 0 bridgehead atoms. The van der Waals surface area contributed by atoms with Crippen LogP contribution in [0.25, 0.3) is 0 Å². The number of rotatable bonds is 5. The van der Waals surface area contributed by atoms with Crippen molar-refractivity contribution in [2.45, 2.75) is 6.92 Å². The van der Waals surface area contributed by atoms with Gasteiger partial charge in [-0.3, -0.25) is 4.79 Å². The predicted molar refractivity (Wildman–Crippen MR) is 97.4 cm³/mol. The Morgan fingerprint density at radius 3 is 2.48 bits per heavy atom. The molecule has 0 atom stereocenters. The zero-order chi connectivity index (χ0) is 17.6. The summed E-state index contributed by atoms with van der Waals surface area (Å²) in [5.74, 6) is 0.803. The first-order valence-electron chi connectivity index (χ1n) is 7.76. The minimum atomic E-state index is -0.334. The Hall–Kier alpha value is -3.41. The number of carbonyl (C=O) groups excluding carboxylic acids is 1. The fourth-order valence-corrected chi connectivity index (χ4v) is 2.34. The van der Waals surface area contributed by atoms with Gasteiger partial charge < -0.3 is 15.4 Å². The minimum Gasteiger partial charge on any atom is -0.495 e. The number of benzene rings is 2.